The molecule has 2 nitrogen and oxygen atoms in total. The summed E-state index contributed by atoms with van der Waals surface area (Å²) in [6.07, 6.45) is 2.41. The van der Waals surface area contributed by atoms with E-state index in [1.54, 1.807) is 0 Å². The Bertz CT molecular complexity index is 334. The van der Waals surface area contributed by atoms with Gasteiger partial charge in [0.25, 0.3) is 0 Å². The summed E-state index contributed by atoms with van der Waals surface area (Å²) < 4.78 is 0. The van der Waals surface area contributed by atoms with Gasteiger partial charge in [-0.25, -0.2) is 4.98 Å². The highest BCUT2D eigenvalue weighted by atomic mass is 35.5. The van der Waals surface area contributed by atoms with Crippen molar-refractivity contribution in [2.24, 2.45) is 0 Å². The zero-order valence-electron chi connectivity index (χ0n) is 7.55. The lowest BCUT2D eigenvalue weighted by Crippen LogP contribution is -2.11. The predicted molar refractivity (Wildman–Crippen MR) is 51.9 cm³/mol. The van der Waals surface area contributed by atoms with Gasteiger partial charge in [-0.1, -0.05) is 17.7 Å². The first-order valence-electron chi connectivity index (χ1n) is 4.43. The Hall–Kier alpha value is -0.600. The molecule has 1 aromatic heterocycles. The standard InChI is InChI=1S/C10H12ClNO/c1-7-2-3-8(9(11)12-7)6-10(13)4-5-10/h2-3,13H,4-6H2,1H3. The molecular formula is C10H12ClNO. The number of aryl methyl sites for hydroxylation is 1. The highest BCUT2D eigenvalue weighted by Gasteiger charge is 2.40. The summed E-state index contributed by atoms with van der Waals surface area (Å²) >= 11 is 5.94. The van der Waals surface area contributed by atoms with Crippen LogP contribution < -0.4 is 0 Å². The van der Waals surface area contributed by atoms with Gasteiger partial charge in [0.05, 0.1) is 5.60 Å². The van der Waals surface area contributed by atoms with Crippen LogP contribution in [0.1, 0.15) is 24.1 Å². The van der Waals surface area contributed by atoms with Gasteiger partial charge in [0.15, 0.2) is 0 Å². The second kappa shape index (κ2) is 2.96. The lowest BCUT2D eigenvalue weighted by atomic mass is 10.1. The summed E-state index contributed by atoms with van der Waals surface area (Å²) in [4.78, 5) is 4.14. The van der Waals surface area contributed by atoms with Crippen molar-refractivity contribution >= 4 is 11.6 Å². The highest BCUT2D eigenvalue weighted by molar-refractivity contribution is 6.30. The van der Waals surface area contributed by atoms with Crippen LogP contribution in [0.2, 0.25) is 5.15 Å². The van der Waals surface area contributed by atoms with E-state index in [2.05, 4.69) is 4.98 Å². The monoisotopic (exact) mass is 197 g/mol. The van der Waals surface area contributed by atoms with Crippen molar-refractivity contribution in [3.63, 3.8) is 0 Å². The molecule has 0 atom stereocenters. The largest absolute Gasteiger partial charge is 0.390 e. The van der Waals surface area contributed by atoms with Crippen LogP contribution in [0.4, 0.5) is 0 Å². The molecule has 3 heteroatoms. The van der Waals surface area contributed by atoms with E-state index in [-0.39, 0.29) is 0 Å². The number of hydrogen-bond acceptors (Lipinski definition) is 2. The first-order valence-corrected chi connectivity index (χ1v) is 4.81. The Morgan fingerprint density at radius 2 is 2.23 bits per heavy atom. The lowest BCUT2D eigenvalue weighted by Gasteiger charge is -2.08. The minimum atomic E-state index is -0.486. The topological polar surface area (TPSA) is 33.1 Å². The summed E-state index contributed by atoms with van der Waals surface area (Å²) in [6, 6.07) is 3.87. The van der Waals surface area contributed by atoms with Gasteiger partial charge in [0, 0.05) is 12.1 Å². The highest BCUT2D eigenvalue weighted by Crippen LogP contribution is 2.39. The summed E-state index contributed by atoms with van der Waals surface area (Å²) in [5.41, 5.74) is 1.38. The van der Waals surface area contributed by atoms with Crippen LogP contribution in [0.25, 0.3) is 0 Å². The van der Waals surface area contributed by atoms with Crippen LogP contribution in [0.3, 0.4) is 0 Å². The van der Waals surface area contributed by atoms with Gasteiger partial charge >= 0.3 is 0 Å². The summed E-state index contributed by atoms with van der Waals surface area (Å²) in [7, 11) is 0. The molecule has 0 unspecified atom stereocenters. The van der Waals surface area contributed by atoms with E-state index in [4.69, 9.17) is 11.6 Å². The van der Waals surface area contributed by atoms with Gasteiger partial charge in [0.1, 0.15) is 5.15 Å². The second-order valence-corrected chi connectivity index (χ2v) is 4.16. The van der Waals surface area contributed by atoms with Gasteiger partial charge in [0.2, 0.25) is 0 Å². The molecule has 0 amide bonds. The fourth-order valence-corrected chi connectivity index (χ4v) is 1.62. The average Bonchev–Trinajstić information content (AvgIpc) is 2.75. The fourth-order valence-electron chi connectivity index (χ4n) is 1.36. The number of halogens is 1. The third-order valence-electron chi connectivity index (χ3n) is 2.41. The van der Waals surface area contributed by atoms with Crippen LogP contribution in [0.5, 0.6) is 0 Å². The van der Waals surface area contributed by atoms with Crippen molar-refractivity contribution in [2.75, 3.05) is 0 Å². The quantitative estimate of drug-likeness (QED) is 0.737. The van der Waals surface area contributed by atoms with Crippen molar-refractivity contribution in [3.8, 4) is 0 Å². The molecule has 1 fully saturated rings. The van der Waals surface area contributed by atoms with Crippen LogP contribution >= 0.6 is 11.6 Å². The smallest absolute Gasteiger partial charge is 0.132 e. The van der Waals surface area contributed by atoms with Gasteiger partial charge in [-0.3, -0.25) is 0 Å². The maximum atomic E-state index is 9.69. The van der Waals surface area contributed by atoms with E-state index < -0.39 is 5.60 Å². The molecule has 0 radical (unpaired) electrons. The van der Waals surface area contributed by atoms with Crippen molar-refractivity contribution in [1.29, 1.82) is 0 Å². The molecule has 70 valence electrons. The number of hydrogen-bond donors (Lipinski definition) is 1. The number of pyridine rings is 1. The molecule has 0 saturated heterocycles. The first-order chi connectivity index (χ1) is 6.09. The lowest BCUT2D eigenvalue weighted by molar-refractivity contribution is 0.151. The minimum Gasteiger partial charge on any atom is -0.390 e. The van der Waals surface area contributed by atoms with E-state index in [1.165, 1.54) is 0 Å². The van der Waals surface area contributed by atoms with Gasteiger partial charge < -0.3 is 5.11 Å². The zero-order chi connectivity index (χ0) is 9.47. The third kappa shape index (κ3) is 2.01. The van der Waals surface area contributed by atoms with Crippen LogP contribution in [0.15, 0.2) is 12.1 Å². The molecular weight excluding hydrogens is 186 g/mol. The maximum absolute atomic E-state index is 9.69. The van der Waals surface area contributed by atoms with Crippen molar-refractivity contribution in [3.05, 3.63) is 28.5 Å². The molecule has 0 aliphatic heterocycles. The van der Waals surface area contributed by atoms with Gasteiger partial charge in [-0.15, -0.1) is 0 Å². The average molecular weight is 198 g/mol. The molecule has 1 aromatic rings. The van der Waals surface area contributed by atoms with Crippen LogP contribution in [-0.4, -0.2) is 15.7 Å². The molecule has 2 rings (SSSR count). The predicted octanol–water partition coefficient (Wildman–Crippen LogP) is 2.11. The molecule has 1 N–H and O–H groups in total. The van der Waals surface area contributed by atoms with E-state index in [0.29, 0.717) is 11.6 Å². The van der Waals surface area contributed by atoms with Gasteiger partial charge in [-0.2, -0.15) is 0 Å². The van der Waals surface area contributed by atoms with E-state index >= 15 is 0 Å². The molecule has 0 spiro atoms. The summed E-state index contributed by atoms with van der Waals surface area (Å²) in [5.74, 6) is 0. The third-order valence-corrected chi connectivity index (χ3v) is 2.74. The fraction of sp³-hybridized carbons (Fsp3) is 0.500. The Kier molecular flexibility index (Phi) is 2.05. The van der Waals surface area contributed by atoms with E-state index in [9.17, 15) is 5.11 Å². The van der Waals surface area contributed by atoms with Gasteiger partial charge in [-0.05, 0) is 31.4 Å². The van der Waals surface area contributed by atoms with Crippen molar-refractivity contribution in [1.82, 2.24) is 4.98 Å². The van der Waals surface area contributed by atoms with Crippen LogP contribution in [-0.2, 0) is 6.42 Å². The molecule has 0 bridgehead atoms. The Morgan fingerprint density at radius 1 is 1.54 bits per heavy atom. The summed E-state index contributed by atoms with van der Waals surface area (Å²) in [5, 5.41) is 10.2. The van der Waals surface area contributed by atoms with Crippen LogP contribution in [0, 0.1) is 6.92 Å². The number of aliphatic hydroxyl groups is 1. The molecule has 1 heterocycles. The van der Waals surface area contributed by atoms with Crippen molar-refractivity contribution in [2.45, 2.75) is 31.8 Å². The first kappa shape index (κ1) is 8.97. The molecule has 13 heavy (non-hydrogen) atoms. The second-order valence-electron chi connectivity index (χ2n) is 3.80. The normalized spacial score (nSPS) is 18.7. The SMILES string of the molecule is Cc1ccc(CC2(O)CC2)c(Cl)n1. The van der Waals surface area contributed by atoms with E-state index in [0.717, 1.165) is 24.1 Å². The maximum Gasteiger partial charge on any atom is 0.132 e. The molecule has 1 aliphatic rings. The Labute approximate surface area is 82.6 Å². The Balaban J connectivity index is 2.20. The number of nitrogens with zero attached hydrogens (tertiary/aromatic N) is 1. The van der Waals surface area contributed by atoms with E-state index in [1.807, 2.05) is 19.1 Å². The summed E-state index contributed by atoms with van der Waals surface area (Å²) in [6.45, 7) is 1.90. The van der Waals surface area contributed by atoms with Crippen molar-refractivity contribution < 1.29 is 5.11 Å². The number of aromatic nitrogens is 1. The minimum absolute atomic E-state index is 0.486. The molecule has 1 saturated carbocycles. The number of rotatable bonds is 2. The zero-order valence-corrected chi connectivity index (χ0v) is 8.30. The molecule has 0 aromatic carbocycles. The Morgan fingerprint density at radius 3 is 2.77 bits per heavy atom. The molecule has 1 aliphatic carbocycles.